The summed E-state index contributed by atoms with van der Waals surface area (Å²) >= 11 is 1.62. The van der Waals surface area contributed by atoms with Crippen molar-refractivity contribution in [2.24, 2.45) is 0 Å². The predicted molar refractivity (Wildman–Crippen MR) is 90.1 cm³/mol. The van der Waals surface area contributed by atoms with Crippen molar-refractivity contribution in [1.29, 1.82) is 0 Å². The van der Waals surface area contributed by atoms with Gasteiger partial charge in [0.2, 0.25) is 0 Å². The number of thioether (sulfide) groups is 1. The number of carbonyl (C=O) groups excluding carboxylic acids is 1. The van der Waals surface area contributed by atoms with Gasteiger partial charge in [0.25, 0.3) is 5.91 Å². The summed E-state index contributed by atoms with van der Waals surface area (Å²) in [5, 5.41) is 13.7. The van der Waals surface area contributed by atoms with E-state index in [-0.39, 0.29) is 24.0 Å². The molecule has 0 fully saturated rings. The second-order valence-corrected chi connectivity index (χ2v) is 5.80. The summed E-state index contributed by atoms with van der Waals surface area (Å²) in [7, 11) is 0. The maximum Gasteiger partial charge on any atom is 0.310 e. The van der Waals surface area contributed by atoms with Gasteiger partial charge in [-0.25, -0.2) is 0 Å². The number of nitro benzene ring substituents is 1. The zero-order valence-electron chi connectivity index (χ0n) is 12.5. The van der Waals surface area contributed by atoms with Crippen LogP contribution in [0.2, 0.25) is 0 Å². The largest absolute Gasteiger partial charge is 0.477 e. The molecule has 0 atom stereocenters. The van der Waals surface area contributed by atoms with Gasteiger partial charge in [0.15, 0.2) is 12.4 Å². The van der Waals surface area contributed by atoms with Gasteiger partial charge >= 0.3 is 5.69 Å². The summed E-state index contributed by atoms with van der Waals surface area (Å²) in [5.74, 6) is 0.593. The van der Waals surface area contributed by atoms with E-state index in [0.29, 0.717) is 5.69 Å². The lowest BCUT2D eigenvalue weighted by molar-refractivity contribution is -0.385. The molecule has 0 saturated heterocycles. The molecule has 120 valence electrons. The normalized spacial score (nSPS) is 10.1. The second kappa shape index (κ2) is 8.19. The van der Waals surface area contributed by atoms with Crippen LogP contribution < -0.4 is 10.1 Å². The zero-order valence-corrected chi connectivity index (χ0v) is 13.3. The van der Waals surface area contributed by atoms with Crippen LogP contribution in [0.3, 0.4) is 0 Å². The fourth-order valence-corrected chi connectivity index (χ4v) is 2.67. The molecule has 2 aromatic carbocycles. The first-order chi connectivity index (χ1) is 11.1. The molecule has 2 rings (SSSR count). The third kappa shape index (κ3) is 4.72. The lowest BCUT2D eigenvalue weighted by Gasteiger charge is -2.11. The number of hydrogen-bond acceptors (Lipinski definition) is 5. The Morgan fingerprint density at radius 2 is 1.91 bits per heavy atom. The average molecular weight is 332 g/mol. The molecule has 1 amide bonds. The first-order valence-electron chi connectivity index (χ1n) is 6.99. The number of nitrogens with one attached hydrogen (secondary N) is 1. The van der Waals surface area contributed by atoms with Gasteiger partial charge in [-0.15, -0.1) is 11.8 Å². The maximum absolute atomic E-state index is 12.0. The monoisotopic (exact) mass is 332 g/mol. The highest BCUT2D eigenvalue weighted by atomic mass is 32.2. The first kappa shape index (κ1) is 16.8. The molecule has 0 spiro atoms. The van der Waals surface area contributed by atoms with Crippen LogP contribution in [-0.2, 0) is 4.79 Å². The molecule has 0 aromatic heterocycles. The second-order valence-electron chi connectivity index (χ2n) is 4.49. The summed E-state index contributed by atoms with van der Waals surface area (Å²) in [4.78, 5) is 23.3. The van der Waals surface area contributed by atoms with Gasteiger partial charge < -0.3 is 10.1 Å². The van der Waals surface area contributed by atoms with Crippen LogP contribution >= 0.6 is 11.8 Å². The fraction of sp³-hybridized carbons (Fsp3) is 0.188. The number of para-hydroxylation sites is 3. The molecule has 1 N–H and O–H groups in total. The smallest absolute Gasteiger partial charge is 0.310 e. The summed E-state index contributed by atoms with van der Waals surface area (Å²) in [6, 6.07) is 13.4. The third-order valence-corrected chi connectivity index (χ3v) is 3.84. The molecule has 0 heterocycles. The lowest BCUT2D eigenvalue weighted by Crippen LogP contribution is -2.20. The quantitative estimate of drug-likeness (QED) is 0.475. The molecule has 0 radical (unpaired) electrons. The van der Waals surface area contributed by atoms with Crippen molar-refractivity contribution in [3.05, 3.63) is 58.6 Å². The van der Waals surface area contributed by atoms with E-state index in [1.165, 1.54) is 12.1 Å². The molecular formula is C16H16N2O4S. The number of nitro groups is 1. The van der Waals surface area contributed by atoms with Gasteiger partial charge in [0.1, 0.15) is 0 Å². The van der Waals surface area contributed by atoms with Gasteiger partial charge in [-0.05, 0) is 24.0 Å². The summed E-state index contributed by atoms with van der Waals surface area (Å²) < 4.78 is 5.27. The number of carbonyl (C=O) groups is 1. The van der Waals surface area contributed by atoms with E-state index < -0.39 is 4.92 Å². The molecule has 0 aliphatic rings. The van der Waals surface area contributed by atoms with Gasteiger partial charge in [-0.1, -0.05) is 31.2 Å². The van der Waals surface area contributed by atoms with Crippen molar-refractivity contribution in [2.45, 2.75) is 11.8 Å². The Morgan fingerprint density at radius 3 is 2.65 bits per heavy atom. The average Bonchev–Trinajstić information content (AvgIpc) is 2.55. The SMILES string of the molecule is CCSc1ccccc1NC(=O)COc1ccccc1[N+](=O)[O-]. The Bertz CT molecular complexity index is 706. The van der Waals surface area contributed by atoms with E-state index >= 15 is 0 Å². The first-order valence-corrected chi connectivity index (χ1v) is 7.98. The van der Waals surface area contributed by atoms with E-state index in [1.807, 2.05) is 25.1 Å². The number of ether oxygens (including phenoxy) is 1. The van der Waals surface area contributed by atoms with Crippen molar-refractivity contribution in [1.82, 2.24) is 0 Å². The Kier molecular flexibility index (Phi) is 5.99. The highest BCUT2D eigenvalue weighted by molar-refractivity contribution is 7.99. The predicted octanol–water partition coefficient (Wildman–Crippen LogP) is 3.72. The molecule has 0 unspecified atom stereocenters. The van der Waals surface area contributed by atoms with E-state index in [1.54, 1.807) is 30.0 Å². The number of anilines is 1. The Labute approximate surface area is 138 Å². The van der Waals surface area contributed by atoms with E-state index in [9.17, 15) is 14.9 Å². The Morgan fingerprint density at radius 1 is 1.22 bits per heavy atom. The summed E-state index contributed by atoms with van der Waals surface area (Å²) in [6.45, 7) is 1.73. The van der Waals surface area contributed by atoms with Crippen LogP contribution in [0.15, 0.2) is 53.4 Å². The minimum absolute atomic E-state index is 0.0730. The number of benzene rings is 2. The van der Waals surface area contributed by atoms with E-state index in [2.05, 4.69) is 5.32 Å². The Balaban J connectivity index is 2.00. The fourth-order valence-electron chi connectivity index (χ4n) is 1.91. The maximum atomic E-state index is 12.0. The minimum Gasteiger partial charge on any atom is -0.477 e. The Hall–Kier alpha value is -2.54. The highest BCUT2D eigenvalue weighted by Gasteiger charge is 2.15. The molecular weight excluding hydrogens is 316 g/mol. The van der Waals surface area contributed by atoms with Gasteiger partial charge in [-0.3, -0.25) is 14.9 Å². The van der Waals surface area contributed by atoms with Crippen LogP contribution in [-0.4, -0.2) is 23.2 Å². The molecule has 23 heavy (non-hydrogen) atoms. The molecule has 0 saturated carbocycles. The molecule has 6 nitrogen and oxygen atoms in total. The van der Waals surface area contributed by atoms with Crippen molar-refractivity contribution >= 4 is 29.0 Å². The topological polar surface area (TPSA) is 81.5 Å². The van der Waals surface area contributed by atoms with Crippen LogP contribution in [0.25, 0.3) is 0 Å². The standard InChI is InChI=1S/C16H16N2O4S/c1-2-23-15-10-6-3-7-12(15)17-16(19)11-22-14-9-5-4-8-13(14)18(20)21/h3-10H,2,11H2,1H3,(H,17,19). The minimum atomic E-state index is -0.541. The molecule has 7 heteroatoms. The molecule has 0 bridgehead atoms. The van der Waals surface area contributed by atoms with Crippen molar-refractivity contribution in [2.75, 3.05) is 17.7 Å². The van der Waals surface area contributed by atoms with Crippen molar-refractivity contribution in [3.63, 3.8) is 0 Å². The number of rotatable bonds is 7. The van der Waals surface area contributed by atoms with Crippen molar-refractivity contribution < 1.29 is 14.5 Å². The third-order valence-electron chi connectivity index (χ3n) is 2.88. The van der Waals surface area contributed by atoms with Crippen LogP contribution in [0.5, 0.6) is 5.75 Å². The summed E-state index contributed by atoms with van der Waals surface area (Å²) in [5.41, 5.74) is 0.540. The van der Waals surface area contributed by atoms with Gasteiger partial charge in [0.05, 0.1) is 10.6 Å². The van der Waals surface area contributed by atoms with E-state index in [4.69, 9.17) is 4.74 Å². The van der Waals surface area contributed by atoms with Crippen LogP contribution in [0.4, 0.5) is 11.4 Å². The van der Waals surface area contributed by atoms with Gasteiger partial charge in [-0.2, -0.15) is 0 Å². The number of amides is 1. The lowest BCUT2D eigenvalue weighted by atomic mass is 10.3. The van der Waals surface area contributed by atoms with Crippen LogP contribution in [0, 0.1) is 10.1 Å². The zero-order chi connectivity index (χ0) is 16.7. The molecule has 0 aliphatic heterocycles. The summed E-state index contributed by atoms with van der Waals surface area (Å²) in [6.07, 6.45) is 0. The number of hydrogen-bond donors (Lipinski definition) is 1. The van der Waals surface area contributed by atoms with Crippen LogP contribution in [0.1, 0.15) is 6.92 Å². The van der Waals surface area contributed by atoms with Gasteiger partial charge in [0, 0.05) is 11.0 Å². The molecule has 0 aliphatic carbocycles. The highest BCUT2D eigenvalue weighted by Crippen LogP contribution is 2.27. The van der Waals surface area contributed by atoms with E-state index in [0.717, 1.165) is 10.6 Å². The van der Waals surface area contributed by atoms with Crippen molar-refractivity contribution in [3.8, 4) is 5.75 Å². The molecule has 2 aromatic rings. The number of nitrogens with zero attached hydrogens (tertiary/aromatic N) is 1.